The van der Waals surface area contributed by atoms with Gasteiger partial charge >= 0.3 is 5.97 Å². The second-order valence-corrected chi connectivity index (χ2v) is 6.76. The Balaban J connectivity index is 2.19. The van der Waals surface area contributed by atoms with Crippen molar-refractivity contribution in [3.8, 4) is 17.1 Å². The van der Waals surface area contributed by atoms with E-state index in [0.29, 0.717) is 11.6 Å². The lowest BCUT2D eigenvalue weighted by Crippen LogP contribution is -2.16. The van der Waals surface area contributed by atoms with Gasteiger partial charge in [0.05, 0.1) is 24.1 Å². The topological polar surface area (TPSA) is 71.2 Å². The summed E-state index contributed by atoms with van der Waals surface area (Å²) in [6, 6.07) is 3.81. The fraction of sp³-hybridized carbons (Fsp3) is 0.421. The lowest BCUT2D eigenvalue weighted by molar-refractivity contribution is 0.0363. The van der Waals surface area contributed by atoms with Crippen molar-refractivity contribution >= 4 is 16.9 Å². The van der Waals surface area contributed by atoms with Crippen LogP contribution >= 0.6 is 0 Å². The molecule has 0 fully saturated rings. The van der Waals surface area contributed by atoms with Gasteiger partial charge < -0.3 is 14.0 Å². The fourth-order valence-corrected chi connectivity index (χ4v) is 3.01. The highest BCUT2D eigenvalue weighted by Gasteiger charge is 2.22. The number of pyridine rings is 1. The molecular formula is C19H24N4O3. The number of hydrogen-bond donors (Lipinski definition) is 0. The van der Waals surface area contributed by atoms with Crippen molar-refractivity contribution in [1.82, 2.24) is 19.3 Å². The molecule has 3 rings (SSSR count). The van der Waals surface area contributed by atoms with Crippen LogP contribution in [-0.2, 0) is 11.8 Å². The summed E-state index contributed by atoms with van der Waals surface area (Å²) in [7, 11) is 3.46. The number of hydrogen-bond acceptors (Lipinski definition) is 5. The minimum absolute atomic E-state index is 0.105. The molecule has 0 aliphatic rings. The molecule has 0 bridgehead atoms. The second kappa shape index (κ2) is 6.82. The summed E-state index contributed by atoms with van der Waals surface area (Å²) >= 11 is 0. The van der Waals surface area contributed by atoms with Gasteiger partial charge in [0.2, 0.25) is 5.88 Å². The number of rotatable bonds is 5. The van der Waals surface area contributed by atoms with Crippen molar-refractivity contribution in [2.45, 2.75) is 39.8 Å². The molecule has 0 aromatic carbocycles. The zero-order valence-electron chi connectivity index (χ0n) is 16.0. The van der Waals surface area contributed by atoms with Crippen LogP contribution in [0, 0.1) is 0 Å². The molecule has 3 aromatic heterocycles. The van der Waals surface area contributed by atoms with Crippen molar-refractivity contribution in [2.24, 2.45) is 7.05 Å². The quantitative estimate of drug-likeness (QED) is 0.653. The molecule has 7 nitrogen and oxygen atoms in total. The minimum atomic E-state index is -0.342. The van der Waals surface area contributed by atoms with Gasteiger partial charge in [-0.05, 0) is 39.8 Å². The first kappa shape index (κ1) is 18.0. The molecule has 0 N–H and O–H groups in total. The van der Waals surface area contributed by atoms with Crippen molar-refractivity contribution < 1.29 is 14.3 Å². The molecule has 7 heteroatoms. The number of esters is 1. The van der Waals surface area contributed by atoms with Crippen LogP contribution in [0.15, 0.2) is 24.5 Å². The van der Waals surface area contributed by atoms with E-state index in [4.69, 9.17) is 9.47 Å². The molecule has 26 heavy (non-hydrogen) atoms. The summed E-state index contributed by atoms with van der Waals surface area (Å²) in [4.78, 5) is 16.8. The third-order valence-electron chi connectivity index (χ3n) is 4.15. The second-order valence-electron chi connectivity index (χ2n) is 6.76. The van der Waals surface area contributed by atoms with Crippen LogP contribution in [0.3, 0.4) is 0 Å². The number of ether oxygens (including phenoxy) is 2. The van der Waals surface area contributed by atoms with Crippen LogP contribution in [0.4, 0.5) is 0 Å². The monoisotopic (exact) mass is 356 g/mol. The molecule has 0 saturated heterocycles. The molecule has 0 aliphatic heterocycles. The molecule has 138 valence electrons. The van der Waals surface area contributed by atoms with Crippen molar-refractivity contribution in [3.05, 3.63) is 30.2 Å². The highest BCUT2D eigenvalue weighted by molar-refractivity contribution is 5.98. The third kappa shape index (κ3) is 3.05. The van der Waals surface area contributed by atoms with Gasteiger partial charge in [-0.25, -0.2) is 9.78 Å². The average molecular weight is 356 g/mol. The molecule has 0 amide bonds. The smallest absolute Gasteiger partial charge is 0.355 e. The van der Waals surface area contributed by atoms with Crippen LogP contribution in [-0.4, -0.2) is 38.5 Å². The van der Waals surface area contributed by atoms with E-state index in [2.05, 4.69) is 10.1 Å². The van der Waals surface area contributed by atoms with Gasteiger partial charge in [0.1, 0.15) is 11.4 Å². The Morgan fingerprint density at radius 3 is 2.58 bits per heavy atom. The van der Waals surface area contributed by atoms with E-state index >= 15 is 0 Å². The average Bonchev–Trinajstić information content (AvgIpc) is 3.16. The maximum Gasteiger partial charge on any atom is 0.355 e. The number of methoxy groups -OCH3 is 1. The Morgan fingerprint density at radius 1 is 1.23 bits per heavy atom. The highest BCUT2D eigenvalue weighted by atomic mass is 16.5. The summed E-state index contributed by atoms with van der Waals surface area (Å²) < 4.78 is 14.5. The largest absolute Gasteiger partial charge is 0.480 e. The molecular weight excluding hydrogens is 332 g/mol. The fourth-order valence-electron chi connectivity index (χ4n) is 3.01. The van der Waals surface area contributed by atoms with E-state index in [1.54, 1.807) is 18.0 Å². The molecule has 0 aliphatic carbocycles. The van der Waals surface area contributed by atoms with E-state index in [1.807, 2.05) is 57.6 Å². The number of aromatic nitrogens is 4. The van der Waals surface area contributed by atoms with Gasteiger partial charge in [-0.3, -0.25) is 4.68 Å². The number of aryl methyl sites for hydroxylation is 1. The van der Waals surface area contributed by atoms with E-state index < -0.39 is 0 Å². The predicted molar refractivity (Wildman–Crippen MR) is 99.4 cm³/mol. The first-order valence-corrected chi connectivity index (χ1v) is 8.62. The summed E-state index contributed by atoms with van der Waals surface area (Å²) in [5.74, 6) is 0.166. The Labute approximate surface area is 152 Å². The van der Waals surface area contributed by atoms with Crippen molar-refractivity contribution in [1.29, 1.82) is 0 Å². The third-order valence-corrected chi connectivity index (χ3v) is 4.15. The van der Waals surface area contributed by atoms with Gasteiger partial charge in [-0.2, -0.15) is 5.10 Å². The zero-order valence-corrected chi connectivity index (χ0v) is 16.0. The number of fused-ring (bicyclic) bond motifs is 1. The SMILES string of the molecule is COc1nccc2c1c(-c1cc(C(=O)OC(C)C)n(C(C)C)c1)nn2C. The molecule has 0 unspecified atom stereocenters. The molecule has 0 spiro atoms. The lowest BCUT2D eigenvalue weighted by Gasteiger charge is -2.13. The predicted octanol–water partition coefficient (Wildman–Crippen LogP) is 3.59. The van der Waals surface area contributed by atoms with Crippen LogP contribution in [0.1, 0.15) is 44.2 Å². The molecule has 3 heterocycles. The number of nitrogens with zero attached hydrogens (tertiary/aromatic N) is 4. The standard InChI is InChI=1S/C19H24N4O3/c1-11(2)23-10-13(9-15(23)19(24)26-12(3)4)17-16-14(22(5)21-17)7-8-20-18(16)25-6/h7-12H,1-6H3. The maximum atomic E-state index is 12.5. The molecule has 0 radical (unpaired) electrons. The highest BCUT2D eigenvalue weighted by Crippen LogP contribution is 2.34. The molecule has 0 atom stereocenters. The van der Waals surface area contributed by atoms with Gasteiger partial charge in [-0.15, -0.1) is 0 Å². The van der Waals surface area contributed by atoms with Crippen LogP contribution < -0.4 is 4.74 Å². The van der Waals surface area contributed by atoms with E-state index in [-0.39, 0.29) is 18.1 Å². The van der Waals surface area contributed by atoms with Gasteiger partial charge in [0.25, 0.3) is 0 Å². The van der Waals surface area contributed by atoms with Crippen molar-refractivity contribution in [2.75, 3.05) is 7.11 Å². The molecule has 3 aromatic rings. The van der Waals surface area contributed by atoms with Gasteiger partial charge in [0.15, 0.2) is 0 Å². The minimum Gasteiger partial charge on any atom is -0.480 e. The van der Waals surface area contributed by atoms with Crippen LogP contribution in [0.5, 0.6) is 5.88 Å². The Hall–Kier alpha value is -2.83. The Bertz CT molecular complexity index is 953. The summed E-state index contributed by atoms with van der Waals surface area (Å²) in [5.41, 5.74) is 2.97. The van der Waals surface area contributed by atoms with Gasteiger partial charge in [0, 0.05) is 31.0 Å². The van der Waals surface area contributed by atoms with Gasteiger partial charge in [-0.1, -0.05) is 0 Å². The number of carbonyl (C=O) groups excluding carboxylic acids is 1. The van der Waals surface area contributed by atoms with E-state index in [9.17, 15) is 4.79 Å². The number of carbonyl (C=O) groups is 1. The van der Waals surface area contributed by atoms with Crippen molar-refractivity contribution in [3.63, 3.8) is 0 Å². The maximum absolute atomic E-state index is 12.5. The Kier molecular flexibility index (Phi) is 4.71. The molecule has 0 saturated carbocycles. The summed E-state index contributed by atoms with van der Waals surface area (Å²) in [6.07, 6.45) is 3.44. The van der Waals surface area contributed by atoms with Crippen LogP contribution in [0.25, 0.3) is 22.2 Å². The first-order valence-electron chi connectivity index (χ1n) is 8.62. The van der Waals surface area contributed by atoms with E-state index in [1.165, 1.54) is 0 Å². The Morgan fingerprint density at radius 2 is 1.96 bits per heavy atom. The first-order chi connectivity index (χ1) is 12.3. The summed E-state index contributed by atoms with van der Waals surface area (Å²) in [5, 5.41) is 5.46. The summed E-state index contributed by atoms with van der Waals surface area (Å²) in [6.45, 7) is 7.72. The lowest BCUT2D eigenvalue weighted by atomic mass is 10.1. The normalized spacial score (nSPS) is 11.5. The van der Waals surface area contributed by atoms with Crippen LogP contribution in [0.2, 0.25) is 0 Å². The zero-order chi connectivity index (χ0) is 19.0. The van der Waals surface area contributed by atoms with E-state index in [0.717, 1.165) is 22.2 Å².